The highest BCUT2D eigenvalue weighted by Crippen LogP contribution is 2.28. The third-order valence-corrected chi connectivity index (χ3v) is 3.66. The molecular formula is C19H24FN3O5. The molecule has 9 heteroatoms. The molecule has 0 fully saturated rings. The van der Waals surface area contributed by atoms with Crippen molar-refractivity contribution >= 4 is 23.1 Å². The third kappa shape index (κ3) is 5.28. The number of esters is 1. The lowest BCUT2D eigenvalue weighted by Crippen LogP contribution is -2.37. The molecule has 0 aromatic carbocycles. The molecule has 1 atom stereocenters. The Morgan fingerprint density at radius 1 is 1.29 bits per heavy atom. The average molecular weight is 393 g/mol. The molecule has 0 aliphatic carbocycles. The number of nitrogens with one attached hydrogen (secondary N) is 1. The molecule has 2 rings (SSSR count). The zero-order chi connectivity index (χ0) is 20.9. The van der Waals surface area contributed by atoms with Crippen molar-refractivity contribution in [2.75, 3.05) is 20.3 Å². The van der Waals surface area contributed by atoms with Gasteiger partial charge in [0.05, 0.1) is 30.9 Å². The van der Waals surface area contributed by atoms with E-state index in [0.717, 1.165) is 6.20 Å². The smallest absolute Gasteiger partial charge is 0.407 e. The first-order valence-corrected chi connectivity index (χ1v) is 8.79. The molecule has 28 heavy (non-hydrogen) atoms. The van der Waals surface area contributed by atoms with E-state index in [2.05, 4.69) is 15.3 Å². The number of hydrogen-bond donors (Lipinski definition) is 1. The topological polar surface area (TPSA) is 99.6 Å². The summed E-state index contributed by atoms with van der Waals surface area (Å²) in [6.45, 7) is 6.63. The van der Waals surface area contributed by atoms with E-state index in [1.807, 2.05) is 0 Å². The zero-order valence-electron chi connectivity index (χ0n) is 16.5. The summed E-state index contributed by atoms with van der Waals surface area (Å²) in [5.41, 5.74) is -0.210. The number of aromatic nitrogens is 2. The fraction of sp³-hybridized carbons (Fsp3) is 0.474. The van der Waals surface area contributed by atoms with E-state index in [1.165, 1.54) is 7.11 Å². The molecule has 8 nitrogen and oxygen atoms in total. The van der Waals surface area contributed by atoms with E-state index in [9.17, 15) is 14.0 Å². The fourth-order valence-electron chi connectivity index (χ4n) is 2.54. The van der Waals surface area contributed by atoms with E-state index in [1.54, 1.807) is 39.8 Å². The summed E-state index contributed by atoms with van der Waals surface area (Å²) in [6, 6.07) is 3.18. The minimum atomic E-state index is -1.14. The van der Waals surface area contributed by atoms with Crippen molar-refractivity contribution in [3.8, 4) is 5.88 Å². The number of amides is 1. The maximum atomic E-state index is 14.7. The highest BCUT2D eigenvalue weighted by Gasteiger charge is 2.30. The maximum absolute atomic E-state index is 14.7. The summed E-state index contributed by atoms with van der Waals surface area (Å²) in [6.07, 6.45) is 0.275. The average Bonchev–Trinajstić information content (AvgIpc) is 2.61. The van der Waals surface area contributed by atoms with Gasteiger partial charge in [-0.15, -0.1) is 0 Å². The van der Waals surface area contributed by atoms with Gasteiger partial charge in [0, 0.05) is 18.2 Å². The van der Waals surface area contributed by atoms with Gasteiger partial charge in [0.1, 0.15) is 17.3 Å². The SMILES string of the molecule is CCOC(=O)C(CNC(=O)OC(C)(C)C)c1c(F)cnc2ccc(OC)nc12. The minimum absolute atomic E-state index is 0.0293. The molecule has 0 aliphatic rings. The van der Waals surface area contributed by atoms with Crippen LogP contribution in [-0.4, -0.2) is 47.9 Å². The number of pyridine rings is 2. The van der Waals surface area contributed by atoms with Crippen LogP contribution >= 0.6 is 0 Å². The van der Waals surface area contributed by atoms with Crippen LogP contribution in [0, 0.1) is 5.82 Å². The Balaban J connectivity index is 2.44. The summed E-state index contributed by atoms with van der Waals surface area (Å²) in [5, 5.41) is 2.49. The molecule has 1 amide bonds. The summed E-state index contributed by atoms with van der Waals surface area (Å²) in [4.78, 5) is 32.7. The monoisotopic (exact) mass is 393 g/mol. The molecule has 0 aliphatic heterocycles. The molecule has 0 bridgehead atoms. The Bertz CT molecular complexity index is 867. The number of ether oxygens (including phenoxy) is 3. The van der Waals surface area contributed by atoms with Crippen molar-refractivity contribution < 1.29 is 28.2 Å². The van der Waals surface area contributed by atoms with Gasteiger partial charge in [0.15, 0.2) is 0 Å². The summed E-state index contributed by atoms with van der Waals surface area (Å²) < 4.78 is 30.0. The number of methoxy groups -OCH3 is 1. The maximum Gasteiger partial charge on any atom is 0.407 e. The Morgan fingerprint density at radius 2 is 2.00 bits per heavy atom. The molecule has 0 saturated carbocycles. The predicted octanol–water partition coefficient (Wildman–Crippen LogP) is 2.95. The van der Waals surface area contributed by atoms with Crippen molar-refractivity contribution in [2.45, 2.75) is 39.2 Å². The van der Waals surface area contributed by atoms with Gasteiger partial charge in [-0.3, -0.25) is 9.78 Å². The molecule has 152 valence electrons. The molecule has 1 N–H and O–H groups in total. The standard InChI is InChI=1S/C19H24FN3O5/c1-6-27-17(24)11(9-22-18(25)28-19(2,3)4)15-12(20)10-21-13-7-8-14(26-5)23-16(13)15/h7-8,10-11H,6,9H2,1-5H3,(H,22,25). The first-order chi connectivity index (χ1) is 13.2. The molecule has 2 aromatic heterocycles. The number of fused-ring (bicyclic) bond motifs is 1. The Morgan fingerprint density at radius 3 is 2.61 bits per heavy atom. The molecule has 0 radical (unpaired) electrons. The molecule has 0 spiro atoms. The van der Waals surface area contributed by atoms with Crippen LogP contribution in [0.5, 0.6) is 5.88 Å². The van der Waals surface area contributed by atoms with Crippen LogP contribution in [0.25, 0.3) is 11.0 Å². The quantitative estimate of drug-likeness (QED) is 0.753. The highest BCUT2D eigenvalue weighted by molar-refractivity contribution is 5.87. The Labute approximate surface area is 162 Å². The van der Waals surface area contributed by atoms with Gasteiger partial charge in [0.25, 0.3) is 0 Å². The van der Waals surface area contributed by atoms with Crippen LogP contribution in [0.4, 0.5) is 9.18 Å². The van der Waals surface area contributed by atoms with E-state index < -0.39 is 29.4 Å². The van der Waals surface area contributed by atoms with Crippen molar-refractivity contribution in [1.82, 2.24) is 15.3 Å². The van der Waals surface area contributed by atoms with Crippen molar-refractivity contribution in [3.05, 3.63) is 29.7 Å². The lowest BCUT2D eigenvalue weighted by Gasteiger charge is -2.22. The van der Waals surface area contributed by atoms with Crippen LogP contribution in [-0.2, 0) is 14.3 Å². The third-order valence-electron chi connectivity index (χ3n) is 3.66. The van der Waals surface area contributed by atoms with Crippen LogP contribution in [0.3, 0.4) is 0 Å². The molecule has 0 saturated heterocycles. The number of nitrogens with zero attached hydrogens (tertiary/aromatic N) is 2. The van der Waals surface area contributed by atoms with Crippen molar-refractivity contribution in [2.24, 2.45) is 0 Å². The van der Waals surface area contributed by atoms with Gasteiger partial charge in [-0.2, -0.15) is 0 Å². The second-order valence-electron chi connectivity index (χ2n) is 6.93. The van der Waals surface area contributed by atoms with E-state index in [4.69, 9.17) is 14.2 Å². The number of carbonyl (C=O) groups excluding carboxylic acids is 2. The van der Waals surface area contributed by atoms with E-state index >= 15 is 0 Å². The van der Waals surface area contributed by atoms with Gasteiger partial charge < -0.3 is 19.5 Å². The first kappa shape index (κ1) is 21.3. The summed E-state index contributed by atoms with van der Waals surface area (Å²) in [5.74, 6) is -2.34. The number of alkyl carbamates (subject to hydrolysis) is 1. The van der Waals surface area contributed by atoms with Crippen molar-refractivity contribution in [3.63, 3.8) is 0 Å². The molecule has 2 aromatic rings. The van der Waals surface area contributed by atoms with Crippen LogP contribution in [0.1, 0.15) is 39.2 Å². The number of hydrogen-bond acceptors (Lipinski definition) is 7. The zero-order valence-corrected chi connectivity index (χ0v) is 16.5. The van der Waals surface area contributed by atoms with Gasteiger partial charge in [0.2, 0.25) is 5.88 Å². The van der Waals surface area contributed by atoms with Crippen LogP contribution < -0.4 is 10.1 Å². The molecule has 1 unspecified atom stereocenters. The number of carbonyl (C=O) groups is 2. The first-order valence-electron chi connectivity index (χ1n) is 8.79. The predicted molar refractivity (Wildman–Crippen MR) is 99.7 cm³/mol. The largest absolute Gasteiger partial charge is 0.481 e. The summed E-state index contributed by atoms with van der Waals surface area (Å²) >= 11 is 0. The minimum Gasteiger partial charge on any atom is -0.481 e. The van der Waals surface area contributed by atoms with E-state index in [0.29, 0.717) is 5.52 Å². The highest BCUT2D eigenvalue weighted by atomic mass is 19.1. The number of rotatable bonds is 6. The van der Waals surface area contributed by atoms with Crippen molar-refractivity contribution in [1.29, 1.82) is 0 Å². The lowest BCUT2D eigenvalue weighted by molar-refractivity contribution is -0.144. The normalized spacial score (nSPS) is 12.4. The summed E-state index contributed by atoms with van der Waals surface area (Å²) in [7, 11) is 1.42. The van der Waals surface area contributed by atoms with E-state index in [-0.39, 0.29) is 30.1 Å². The molecule has 2 heterocycles. The second-order valence-corrected chi connectivity index (χ2v) is 6.93. The van der Waals surface area contributed by atoms with Crippen LogP contribution in [0.15, 0.2) is 18.3 Å². The van der Waals surface area contributed by atoms with Crippen LogP contribution in [0.2, 0.25) is 0 Å². The fourth-order valence-corrected chi connectivity index (χ4v) is 2.54. The Kier molecular flexibility index (Phi) is 6.71. The lowest BCUT2D eigenvalue weighted by atomic mass is 9.97. The Hall–Kier alpha value is -2.97. The van der Waals surface area contributed by atoms with Gasteiger partial charge in [-0.25, -0.2) is 14.2 Å². The van der Waals surface area contributed by atoms with Gasteiger partial charge >= 0.3 is 12.1 Å². The molecular weight excluding hydrogens is 369 g/mol. The van der Waals surface area contributed by atoms with Gasteiger partial charge in [-0.05, 0) is 33.8 Å². The van der Waals surface area contributed by atoms with Gasteiger partial charge in [-0.1, -0.05) is 0 Å². The second kappa shape index (κ2) is 8.81. The number of halogens is 1.